The Balaban J connectivity index is 1.57. The van der Waals surface area contributed by atoms with E-state index in [0.29, 0.717) is 29.5 Å². The Morgan fingerprint density at radius 3 is 3.00 bits per heavy atom. The molecule has 0 radical (unpaired) electrons. The normalized spacial score (nSPS) is 21.0. The SMILES string of the molecule is CN(C)[C@@H]1CCN(CCC(=O)c2ccc3c(c2)NC(=O)CO3)C1. The minimum atomic E-state index is -0.186. The predicted octanol–water partition coefficient (Wildman–Crippen LogP) is 1.23. The molecule has 1 fully saturated rings. The highest BCUT2D eigenvalue weighted by atomic mass is 16.5. The van der Waals surface area contributed by atoms with Gasteiger partial charge in [-0.15, -0.1) is 0 Å². The lowest BCUT2D eigenvalue weighted by molar-refractivity contribution is -0.118. The summed E-state index contributed by atoms with van der Waals surface area (Å²) in [5.74, 6) is 0.532. The fourth-order valence-electron chi connectivity index (χ4n) is 3.10. The van der Waals surface area contributed by atoms with Crippen molar-refractivity contribution in [3.05, 3.63) is 23.8 Å². The van der Waals surface area contributed by atoms with Crippen LogP contribution in [0.15, 0.2) is 18.2 Å². The van der Waals surface area contributed by atoms with E-state index in [1.54, 1.807) is 18.2 Å². The second kappa shape index (κ2) is 6.68. The largest absolute Gasteiger partial charge is 0.482 e. The summed E-state index contributed by atoms with van der Waals surface area (Å²) in [5.41, 5.74) is 1.21. The summed E-state index contributed by atoms with van der Waals surface area (Å²) >= 11 is 0. The van der Waals surface area contributed by atoms with E-state index < -0.39 is 0 Å². The van der Waals surface area contributed by atoms with Crippen LogP contribution in [0.25, 0.3) is 0 Å². The van der Waals surface area contributed by atoms with Crippen molar-refractivity contribution < 1.29 is 14.3 Å². The lowest BCUT2D eigenvalue weighted by atomic mass is 10.1. The third-order valence-corrected chi connectivity index (χ3v) is 4.57. The number of Topliss-reactive ketones (excluding diaryl/α,β-unsaturated/α-hetero) is 1. The minimum Gasteiger partial charge on any atom is -0.482 e. The first-order chi connectivity index (χ1) is 11.0. The molecular weight excluding hydrogens is 294 g/mol. The van der Waals surface area contributed by atoms with E-state index in [1.165, 1.54) is 0 Å². The average molecular weight is 317 g/mol. The molecule has 3 rings (SSSR count). The Labute approximate surface area is 136 Å². The molecule has 0 saturated carbocycles. The first kappa shape index (κ1) is 16.0. The van der Waals surface area contributed by atoms with Crippen LogP contribution in [0.3, 0.4) is 0 Å². The van der Waals surface area contributed by atoms with Crippen LogP contribution in [0.5, 0.6) is 5.75 Å². The molecule has 1 aromatic carbocycles. The Hall–Kier alpha value is -1.92. The molecule has 0 aromatic heterocycles. The molecule has 23 heavy (non-hydrogen) atoms. The molecule has 1 amide bonds. The van der Waals surface area contributed by atoms with Crippen molar-refractivity contribution in [2.24, 2.45) is 0 Å². The highest BCUT2D eigenvalue weighted by Crippen LogP contribution is 2.28. The van der Waals surface area contributed by atoms with Gasteiger partial charge in [-0.05, 0) is 45.3 Å². The van der Waals surface area contributed by atoms with Gasteiger partial charge in [0.05, 0.1) is 5.69 Å². The van der Waals surface area contributed by atoms with E-state index in [0.717, 1.165) is 26.1 Å². The van der Waals surface area contributed by atoms with E-state index in [2.05, 4.69) is 29.2 Å². The predicted molar refractivity (Wildman–Crippen MR) is 88.0 cm³/mol. The first-order valence-electron chi connectivity index (χ1n) is 8.01. The molecule has 1 aromatic rings. The van der Waals surface area contributed by atoms with Gasteiger partial charge < -0.3 is 19.9 Å². The monoisotopic (exact) mass is 317 g/mol. The second-order valence-corrected chi connectivity index (χ2v) is 6.43. The quantitative estimate of drug-likeness (QED) is 0.828. The molecule has 1 N–H and O–H groups in total. The molecule has 1 atom stereocenters. The van der Waals surface area contributed by atoms with E-state index in [-0.39, 0.29) is 18.3 Å². The van der Waals surface area contributed by atoms with Crippen molar-refractivity contribution in [2.45, 2.75) is 18.9 Å². The molecule has 6 heteroatoms. The molecule has 2 aliphatic rings. The summed E-state index contributed by atoms with van der Waals surface area (Å²) in [6.45, 7) is 2.88. The van der Waals surface area contributed by atoms with Gasteiger partial charge in [-0.1, -0.05) is 0 Å². The maximum Gasteiger partial charge on any atom is 0.262 e. The summed E-state index contributed by atoms with van der Waals surface area (Å²) in [6.07, 6.45) is 1.65. The van der Waals surface area contributed by atoms with Crippen LogP contribution in [0.4, 0.5) is 5.69 Å². The zero-order valence-corrected chi connectivity index (χ0v) is 13.7. The highest BCUT2D eigenvalue weighted by Gasteiger charge is 2.24. The van der Waals surface area contributed by atoms with E-state index >= 15 is 0 Å². The van der Waals surface area contributed by atoms with Gasteiger partial charge >= 0.3 is 0 Å². The number of anilines is 1. The van der Waals surface area contributed by atoms with Gasteiger partial charge in [-0.3, -0.25) is 9.59 Å². The first-order valence-corrected chi connectivity index (χ1v) is 8.01. The van der Waals surface area contributed by atoms with Crippen LogP contribution >= 0.6 is 0 Å². The summed E-state index contributed by atoms with van der Waals surface area (Å²) < 4.78 is 5.31. The number of carbonyl (C=O) groups is 2. The van der Waals surface area contributed by atoms with Gasteiger partial charge in [0.15, 0.2) is 12.4 Å². The standard InChI is InChI=1S/C17H23N3O3/c1-19(2)13-5-7-20(10-13)8-6-15(21)12-3-4-16-14(9-12)18-17(22)11-23-16/h3-4,9,13H,5-8,10-11H2,1-2H3,(H,18,22)/t13-/m1/s1. The number of likely N-dealkylation sites (N-methyl/N-ethyl adjacent to an activating group) is 1. The molecule has 0 bridgehead atoms. The molecule has 1 saturated heterocycles. The van der Waals surface area contributed by atoms with Gasteiger partial charge in [0.25, 0.3) is 5.91 Å². The zero-order valence-electron chi connectivity index (χ0n) is 13.7. The van der Waals surface area contributed by atoms with Crippen LogP contribution in [0, 0.1) is 0 Å². The van der Waals surface area contributed by atoms with Crippen molar-refractivity contribution in [3.8, 4) is 5.75 Å². The molecular formula is C17H23N3O3. The third kappa shape index (κ3) is 3.71. The van der Waals surface area contributed by atoms with E-state index in [9.17, 15) is 9.59 Å². The van der Waals surface area contributed by atoms with Crippen molar-refractivity contribution in [1.29, 1.82) is 0 Å². The summed E-state index contributed by atoms with van der Waals surface area (Å²) in [5, 5.41) is 2.74. The molecule has 6 nitrogen and oxygen atoms in total. The van der Waals surface area contributed by atoms with Crippen LogP contribution in [-0.4, -0.2) is 67.9 Å². The van der Waals surface area contributed by atoms with Gasteiger partial charge in [0.1, 0.15) is 5.75 Å². The number of nitrogens with zero attached hydrogens (tertiary/aromatic N) is 2. The van der Waals surface area contributed by atoms with E-state index in [1.807, 2.05) is 0 Å². The number of ketones is 1. The number of hydrogen-bond acceptors (Lipinski definition) is 5. The van der Waals surface area contributed by atoms with Crippen molar-refractivity contribution in [3.63, 3.8) is 0 Å². The summed E-state index contributed by atoms with van der Waals surface area (Å²) in [4.78, 5) is 28.3. The smallest absolute Gasteiger partial charge is 0.262 e. The molecule has 2 aliphatic heterocycles. The highest BCUT2D eigenvalue weighted by molar-refractivity contribution is 6.00. The van der Waals surface area contributed by atoms with Crippen molar-refractivity contribution in [2.75, 3.05) is 45.7 Å². The summed E-state index contributed by atoms with van der Waals surface area (Å²) in [6, 6.07) is 5.81. The van der Waals surface area contributed by atoms with Gasteiger partial charge in [-0.2, -0.15) is 0 Å². The minimum absolute atomic E-state index is 0.0301. The van der Waals surface area contributed by atoms with Crippen molar-refractivity contribution >= 4 is 17.4 Å². The molecule has 124 valence electrons. The number of hydrogen-bond donors (Lipinski definition) is 1. The van der Waals surface area contributed by atoms with Gasteiger partial charge in [-0.25, -0.2) is 0 Å². The van der Waals surface area contributed by atoms with E-state index in [4.69, 9.17) is 4.74 Å². The van der Waals surface area contributed by atoms with Crippen LogP contribution in [0.1, 0.15) is 23.2 Å². The topological polar surface area (TPSA) is 61.9 Å². The van der Waals surface area contributed by atoms with Crippen LogP contribution in [0.2, 0.25) is 0 Å². The fraction of sp³-hybridized carbons (Fsp3) is 0.529. The molecule has 2 heterocycles. The maximum atomic E-state index is 12.4. The number of nitrogens with one attached hydrogen (secondary N) is 1. The number of ether oxygens (including phenoxy) is 1. The van der Waals surface area contributed by atoms with Gasteiger partial charge in [0, 0.05) is 31.1 Å². The van der Waals surface area contributed by atoms with Crippen LogP contribution in [-0.2, 0) is 4.79 Å². The van der Waals surface area contributed by atoms with Crippen molar-refractivity contribution in [1.82, 2.24) is 9.80 Å². The molecule has 0 aliphatic carbocycles. The number of benzene rings is 1. The molecule has 0 spiro atoms. The van der Waals surface area contributed by atoms with Gasteiger partial charge in [0.2, 0.25) is 0 Å². The molecule has 0 unspecified atom stereocenters. The number of rotatable bonds is 5. The zero-order chi connectivity index (χ0) is 16.4. The average Bonchev–Trinajstić information content (AvgIpc) is 3.01. The Morgan fingerprint density at radius 2 is 2.26 bits per heavy atom. The van der Waals surface area contributed by atoms with Crippen LogP contribution < -0.4 is 10.1 Å². The fourth-order valence-corrected chi connectivity index (χ4v) is 3.10. The Kier molecular flexibility index (Phi) is 4.63. The Bertz CT molecular complexity index is 615. The lowest BCUT2D eigenvalue weighted by Crippen LogP contribution is -2.32. The number of amides is 1. The number of likely N-dealkylation sites (tertiary alicyclic amines) is 1. The second-order valence-electron chi connectivity index (χ2n) is 6.43. The number of carbonyl (C=O) groups excluding carboxylic acids is 2. The number of fused-ring (bicyclic) bond motifs is 1. The Morgan fingerprint density at radius 1 is 1.43 bits per heavy atom. The lowest BCUT2D eigenvalue weighted by Gasteiger charge is -2.20. The third-order valence-electron chi connectivity index (χ3n) is 4.57. The summed E-state index contributed by atoms with van der Waals surface area (Å²) in [7, 11) is 4.20. The maximum absolute atomic E-state index is 12.4.